The van der Waals surface area contributed by atoms with Crippen molar-refractivity contribution >= 4 is 26.9 Å². The SMILES string of the molecule is CC(C)(O)[C@H](F)CNC(=O)c1cnc(-c2ccc3cc(C#N)cnn23)cc1NCCCS(C)(=O)=O. The number of aromatic nitrogens is 3. The summed E-state index contributed by atoms with van der Waals surface area (Å²) in [4.78, 5) is 17.2. The summed E-state index contributed by atoms with van der Waals surface area (Å²) in [6, 6.07) is 8.89. The summed E-state index contributed by atoms with van der Waals surface area (Å²) in [5.74, 6) is -0.623. The number of fused-ring (bicyclic) bond motifs is 1. The Hall–Kier alpha value is -3.56. The van der Waals surface area contributed by atoms with Crippen LogP contribution in [0.1, 0.15) is 36.2 Å². The van der Waals surface area contributed by atoms with Crippen LogP contribution < -0.4 is 10.6 Å². The predicted octanol–water partition coefficient (Wildman–Crippen LogP) is 1.95. The van der Waals surface area contributed by atoms with Crippen LogP contribution in [0, 0.1) is 11.3 Å². The van der Waals surface area contributed by atoms with Gasteiger partial charge < -0.3 is 15.7 Å². The molecule has 35 heavy (non-hydrogen) atoms. The number of alkyl halides is 1. The van der Waals surface area contributed by atoms with Gasteiger partial charge in [0, 0.05) is 19.0 Å². The van der Waals surface area contributed by atoms with E-state index in [9.17, 15) is 22.7 Å². The molecule has 0 bridgehead atoms. The fourth-order valence-electron chi connectivity index (χ4n) is 3.26. The van der Waals surface area contributed by atoms with Gasteiger partial charge in [-0.15, -0.1) is 0 Å². The number of rotatable bonds is 10. The Kier molecular flexibility index (Phi) is 7.72. The highest BCUT2D eigenvalue weighted by Gasteiger charge is 2.27. The van der Waals surface area contributed by atoms with Gasteiger partial charge in [-0.3, -0.25) is 9.78 Å². The molecule has 1 atom stereocenters. The molecular weight excluding hydrogens is 475 g/mol. The van der Waals surface area contributed by atoms with Crippen LogP contribution in [-0.2, 0) is 9.84 Å². The van der Waals surface area contributed by atoms with Crippen LogP contribution in [0.5, 0.6) is 0 Å². The van der Waals surface area contributed by atoms with E-state index in [1.165, 1.54) is 26.2 Å². The van der Waals surface area contributed by atoms with Crippen molar-refractivity contribution in [2.24, 2.45) is 0 Å². The van der Waals surface area contributed by atoms with Gasteiger partial charge in [-0.2, -0.15) is 10.4 Å². The van der Waals surface area contributed by atoms with Gasteiger partial charge in [0.15, 0.2) is 0 Å². The van der Waals surface area contributed by atoms with Gasteiger partial charge in [-0.1, -0.05) is 0 Å². The fourth-order valence-corrected chi connectivity index (χ4v) is 3.93. The lowest BCUT2D eigenvalue weighted by molar-refractivity contribution is -0.00177. The zero-order valence-electron chi connectivity index (χ0n) is 19.6. The molecule has 186 valence electrons. The monoisotopic (exact) mass is 502 g/mol. The van der Waals surface area contributed by atoms with Crippen LogP contribution in [0.2, 0.25) is 0 Å². The van der Waals surface area contributed by atoms with E-state index in [0.717, 1.165) is 6.26 Å². The first-order valence-corrected chi connectivity index (χ1v) is 12.9. The topological polar surface area (TPSA) is 149 Å². The smallest absolute Gasteiger partial charge is 0.255 e. The molecule has 0 saturated heterocycles. The third-order valence-electron chi connectivity index (χ3n) is 5.26. The number of amides is 1. The molecule has 3 aromatic heterocycles. The van der Waals surface area contributed by atoms with Crippen molar-refractivity contribution in [3.05, 3.63) is 47.8 Å². The number of nitriles is 1. The van der Waals surface area contributed by atoms with E-state index in [1.807, 2.05) is 6.07 Å². The van der Waals surface area contributed by atoms with E-state index in [1.54, 1.807) is 28.8 Å². The first-order valence-electron chi connectivity index (χ1n) is 10.8. The highest BCUT2D eigenvalue weighted by atomic mass is 32.2. The Morgan fingerprint density at radius 1 is 1.31 bits per heavy atom. The summed E-state index contributed by atoms with van der Waals surface area (Å²) in [7, 11) is -3.14. The summed E-state index contributed by atoms with van der Waals surface area (Å²) in [6.07, 6.45) is 2.55. The average Bonchev–Trinajstić information content (AvgIpc) is 3.21. The lowest BCUT2D eigenvalue weighted by Gasteiger charge is -2.22. The molecule has 3 rings (SSSR count). The summed E-state index contributed by atoms with van der Waals surface area (Å²) in [5.41, 5.74) is 1.08. The second-order valence-corrected chi connectivity index (χ2v) is 11.0. The lowest BCUT2D eigenvalue weighted by Crippen LogP contribution is -2.42. The van der Waals surface area contributed by atoms with Crippen LogP contribution in [0.15, 0.2) is 36.7 Å². The lowest BCUT2D eigenvalue weighted by atomic mass is 10.0. The first kappa shape index (κ1) is 26.1. The van der Waals surface area contributed by atoms with E-state index in [0.29, 0.717) is 34.6 Å². The number of carbonyl (C=O) groups excluding carboxylic acids is 1. The molecule has 0 aliphatic heterocycles. The van der Waals surface area contributed by atoms with E-state index >= 15 is 0 Å². The summed E-state index contributed by atoms with van der Waals surface area (Å²) < 4.78 is 38.6. The summed E-state index contributed by atoms with van der Waals surface area (Å²) in [6.45, 7) is 2.49. The molecule has 12 heteroatoms. The molecule has 3 aromatic rings. The van der Waals surface area contributed by atoms with E-state index in [-0.39, 0.29) is 17.9 Å². The maximum atomic E-state index is 14.1. The van der Waals surface area contributed by atoms with E-state index in [2.05, 4.69) is 20.7 Å². The molecule has 0 spiro atoms. The zero-order valence-corrected chi connectivity index (χ0v) is 20.4. The van der Waals surface area contributed by atoms with Crippen LogP contribution in [-0.4, -0.2) is 70.9 Å². The second kappa shape index (κ2) is 10.4. The third-order valence-corrected chi connectivity index (χ3v) is 6.29. The van der Waals surface area contributed by atoms with Crippen molar-refractivity contribution in [1.82, 2.24) is 19.9 Å². The molecule has 10 nitrogen and oxygen atoms in total. The normalized spacial score (nSPS) is 12.8. The standard InChI is InChI=1S/C23H27FN6O4S/c1-23(2,32)21(24)14-28-22(31)17-13-27-19(10-18(17)26-7-4-8-35(3,33)34)20-6-5-16-9-15(11-25)12-29-30(16)20/h5-6,9-10,12-13,21,32H,4,7-8,14H2,1-3H3,(H,26,27)(H,28,31)/t21-/m1/s1. The Morgan fingerprint density at radius 3 is 2.71 bits per heavy atom. The zero-order chi connectivity index (χ0) is 25.8. The molecule has 1 amide bonds. The van der Waals surface area contributed by atoms with Gasteiger partial charge in [0.2, 0.25) is 0 Å². The first-order chi connectivity index (χ1) is 16.4. The average molecular weight is 503 g/mol. The number of halogens is 1. The number of nitrogens with one attached hydrogen (secondary N) is 2. The van der Waals surface area contributed by atoms with Gasteiger partial charge in [0.1, 0.15) is 22.1 Å². The van der Waals surface area contributed by atoms with Crippen LogP contribution >= 0.6 is 0 Å². The Labute approximate surface area is 202 Å². The maximum Gasteiger partial charge on any atom is 0.255 e. The quantitative estimate of drug-likeness (QED) is 0.356. The number of pyridine rings is 1. The van der Waals surface area contributed by atoms with Crippen LogP contribution in [0.3, 0.4) is 0 Å². The van der Waals surface area contributed by atoms with Gasteiger partial charge in [-0.25, -0.2) is 17.3 Å². The van der Waals surface area contributed by atoms with E-state index < -0.39 is 34.1 Å². The number of aliphatic hydroxyl groups is 1. The molecular formula is C23H27FN6O4S. The number of hydrogen-bond acceptors (Lipinski definition) is 8. The Balaban J connectivity index is 1.90. The summed E-state index contributed by atoms with van der Waals surface area (Å²) in [5, 5.41) is 28.7. The molecule has 3 heterocycles. The molecule has 0 radical (unpaired) electrons. The maximum absolute atomic E-state index is 14.1. The van der Waals surface area contributed by atoms with Gasteiger partial charge >= 0.3 is 0 Å². The summed E-state index contributed by atoms with van der Waals surface area (Å²) >= 11 is 0. The second-order valence-electron chi connectivity index (χ2n) is 8.77. The molecule has 0 unspecified atom stereocenters. The highest BCUT2D eigenvalue weighted by molar-refractivity contribution is 7.90. The predicted molar refractivity (Wildman–Crippen MR) is 129 cm³/mol. The minimum Gasteiger partial charge on any atom is -0.387 e. The third kappa shape index (κ3) is 6.74. The van der Waals surface area contributed by atoms with Gasteiger partial charge in [0.05, 0.1) is 57.8 Å². The highest BCUT2D eigenvalue weighted by Crippen LogP contribution is 2.25. The molecule has 0 aliphatic carbocycles. The van der Waals surface area contributed by atoms with Gasteiger partial charge in [-0.05, 0) is 44.5 Å². The molecule has 0 aliphatic rings. The van der Waals surface area contributed by atoms with Crippen LogP contribution in [0.25, 0.3) is 16.9 Å². The van der Waals surface area contributed by atoms with Crippen LogP contribution in [0.4, 0.5) is 10.1 Å². The van der Waals surface area contributed by atoms with Crippen molar-refractivity contribution in [1.29, 1.82) is 5.26 Å². The molecule has 3 N–H and O–H groups in total. The number of sulfone groups is 1. The minimum absolute atomic E-state index is 0.0247. The van der Waals surface area contributed by atoms with Gasteiger partial charge in [0.25, 0.3) is 5.91 Å². The van der Waals surface area contributed by atoms with Crippen molar-refractivity contribution in [3.8, 4) is 17.5 Å². The van der Waals surface area contributed by atoms with Crippen molar-refractivity contribution in [2.75, 3.05) is 30.4 Å². The number of hydrogen-bond donors (Lipinski definition) is 3. The Bertz CT molecular complexity index is 1370. The Morgan fingerprint density at radius 2 is 2.06 bits per heavy atom. The number of carbonyl (C=O) groups is 1. The number of anilines is 1. The molecule has 0 aromatic carbocycles. The van der Waals surface area contributed by atoms with Crippen molar-refractivity contribution < 1.29 is 22.7 Å². The molecule has 0 saturated carbocycles. The van der Waals surface area contributed by atoms with Crippen molar-refractivity contribution in [3.63, 3.8) is 0 Å². The van der Waals surface area contributed by atoms with E-state index in [4.69, 9.17) is 5.26 Å². The minimum atomic E-state index is -3.14. The fraction of sp³-hybridized carbons (Fsp3) is 0.391. The van der Waals surface area contributed by atoms with Crippen molar-refractivity contribution in [2.45, 2.75) is 32.0 Å². The molecule has 0 fully saturated rings. The number of nitrogens with zero attached hydrogens (tertiary/aromatic N) is 4. The largest absolute Gasteiger partial charge is 0.387 e.